The van der Waals surface area contributed by atoms with E-state index in [1.165, 1.54) is 7.11 Å². The van der Waals surface area contributed by atoms with Crippen LogP contribution in [0.25, 0.3) is 0 Å². The second kappa shape index (κ2) is 9.33. The standard InChI is InChI=1S/C16H26N2O5S/c1-21-11-12-24(19,20)17-13-15(18-7-9-23-10-8-18)14-5-3-4-6-16(14)22-2/h3-6,15,17H,7-13H2,1-2H3. The van der Waals surface area contributed by atoms with Crippen molar-refractivity contribution in [1.29, 1.82) is 0 Å². The van der Waals surface area contributed by atoms with Crippen LogP contribution in [0.2, 0.25) is 0 Å². The molecule has 0 aliphatic carbocycles. The molecule has 1 aliphatic heterocycles. The third-order valence-electron chi connectivity index (χ3n) is 4.04. The highest BCUT2D eigenvalue weighted by Crippen LogP contribution is 2.29. The molecule has 0 aromatic heterocycles. The maximum absolute atomic E-state index is 12.1. The third-order valence-corrected chi connectivity index (χ3v) is 5.35. The van der Waals surface area contributed by atoms with Gasteiger partial charge in [-0.25, -0.2) is 13.1 Å². The molecule has 0 amide bonds. The molecule has 1 aromatic carbocycles. The maximum atomic E-state index is 12.1. The summed E-state index contributed by atoms with van der Waals surface area (Å²) in [6.07, 6.45) is 0. The lowest BCUT2D eigenvalue weighted by molar-refractivity contribution is 0.0167. The minimum absolute atomic E-state index is 0.0503. The summed E-state index contributed by atoms with van der Waals surface area (Å²) in [5, 5.41) is 0. The summed E-state index contributed by atoms with van der Waals surface area (Å²) in [4.78, 5) is 2.22. The van der Waals surface area contributed by atoms with Gasteiger partial charge in [0.05, 0.1) is 38.7 Å². The van der Waals surface area contributed by atoms with Crippen LogP contribution in [0.4, 0.5) is 0 Å². The molecule has 1 unspecified atom stereocenters. The van der Waals surface area contributed by atoms with Crippen LogP contribution >= 0.6 is 0 Å². The Morgan fingerprint density at radius 2 is 1.96 bits per heavy atom. The number of ether oxygens (including phenoxy) is 3. The Kier molecular flexibility index (Phi) is 7.44. The molecular formula is C16H26N2O5S. The number of morpholine rings is 1. The summed E-state index contributed by atoms with van der Waals surface area (Å²) in [6.45, 7) is 3.24. The van der Waals surface area contributed by atoms with Crippen LogP contribution in [-0.2, 0) is 19.5 Å². The van der Waals surface area contributed by atoms with Gasteiger partial charge in [-0.2, -0.15) is 0 Å². The molecule has 136 valence electrons. The van der Waals surface area contributed by atoms with Crippen LogP contribution in [0.1, 0.15) is 11.6 Å². The number of para-hydroxylation sites is 1. The topological polar surface area (TPSA) is 77.1 Å². The molecule has 24 heavy (non-hydrogen) atoms. The largest absolute Gasteiger partial charge is 0.496 e. The van der Waals surface area contributed by atoms with Crippen molar-refractivity contribution in [2.75, 3.05) is 59.4 Å². The Labute approximate surface area is 143 Å². The maximum Gasteiger partial charge on any atom is 0.213 e. The molecule has 1 N–H and O–H groups in total. The quantitative estimate of drug-likeness (QED) is 0.698. The van der Waals surface area contributed by atoms with E-state index < -0.39 is 10.0 Å². The van der Waals surface area contributed by atoms with Gasteiger partial charge < -0.3 is 14.2 Å². The number of hydrogen-bond donors (Lipinski definition) is 1. The highest BCUT2D eigenvalue weighted by molar-refractivity contribution is 7.89. The Hall–Kier alpha value is -1.19. The summed E-state index contributed by atoms with van der Waals surface area (Å²) in [5.41, 5.74) is 0.969. The highest BCUT2D eigenvalue weighted by atomic mass is 32.2. The SMILES string of the molecule is COCCS(=O)(=O)NCC(c1ccccc1OC)N1CCOCC1. The lowest BCUT2D eigenvalue weighted by Crippen LogP contribution is -2.44. The van der Waals surface area contributed by atoms with E-state index in [9.17, 15) is 8.42 Å². The van der Waals surface area contributed by atoms with Crippen LogP contribution in [0.15, 0.2) is 24.3 Å². The molecule has 1 fully saturated rings. The van der Waals surface area contributed by atoms with Gasteiger partial charge >= 0.3 is 0 Å². The summed E-state index contributed by atoms with van der Waals surface area (Å²) >= 11 is 0. The van der Waals surface area contributed by atoms with E-state index >= 15 is 0 Å². The number of rotatable bonds is 9. The van der Waals surface area contributed by atoms with Crippen LogP contribution in [0.3, 0.4) is 0 Å². The monoisotopic (exact) mass is 358 g/mol. The van der Waals surface area contributed by atoms with Crippen LogP contribution < -0.4 is 9.46 Å². The molecular weight excluding hydrogens is 332 g/mol. The van der Waals surface area contributed by atoms with Crippen molar-refractivity contribution in [3.63, 3.8) is 0 Å². The fourth-order valence-corrected chi connectivity index (χ4v) is 3.68. The highest BCUT2D eigenvalue weighted by Gasteiger charge is 2.26. The minimum atomic E-state index is -3.38. The van der Waals surface area contributed by atoms with Crippen molar-refractivity contribution in [2.45, 2.75) is 6.04 Å². The number of methoxy groups -OCH3 is 2. The summed E-state index contributed by atoms with van der Waals surface area (Å²) in [5.74, 6) is 0.704. The smallest absolute Gasteiger partial charge is 0.213 e. The lowest BCUT2D eigenvalue weighted by atomic mass is 10.0. The molecule has 1 atom stereocenters. The van der Waals surface area contributed by atoms with Gasteiger partial charge in [0.25, 0.3) is 0 Å². The van der Waals surface area contributed by atoms with E-state index in [1.54, 1.807) is 7.11 Å². The van der Waals surface area contributed by atoms with E-state index in [0.717, 1.165) is 24.4 Å². The first kappa shape index (κ1) is 19.1. The van der Waals surface area contributed by atoms with E-state index in [-0.39, 0.29) is 24.9 Å². The Bertz CT molecular complexity index is 602. The number of sulfonamides is 1. The number of benzene rings is 1. The molecule has 7 nitrogen and oxygen atoms in total. The molecule has 1 aromatic rings. The van der Waals surface area contributed by atoms with Gasteiger partial charge in [-0.05, 0) is 6.07 Å². The molecule has 1 saturated heterocycles. The van der Waals surface area contributed by atoms with Gasteiger partial charge in [0, 0.05) is 32.3 Å². The lowest BCUT2D eigenvalue weighted by Gasteiger charge is -2.35. The van der Waals surface area contributed by atoms with Gasteiger partial charge in [0.2, 0.25) is 10.0 Å². The Balaban J connectivity index is 2.17. The normalized spacial score (nSPS) is 17.6. The minimum Gasteiger partial charge on any atom is -0.496 e. The second-order valence-electron chi connectivity index (χ2n) is 5.57. The summed E-state index contributed by atoms with van der Waals surface area (Å²) < 4.78 is 42.6. The molecule has 0 radical (unpaired) electrons. The summed E-state index contributed by atoms with van der Waals surface area (Å²) in [6, 6.07) is 7.60. The van der Waals surface area contributed by atoms with E-state index in [0.29, 0.717) is 13.2 Å². The molecule has 0 spiro atoms. The van der Waals surface area contributed by atoms with Crippen molar-refractivity contribution in [1.82, 2.24) is 9.62 Å². The van der Waals surface area contributed by atoms with Gasteiger partial charge in [-0.1, -0.05) is 18.2 Å². The van der Waals surface area contributed by atoms with Gasteiger partial charge in [-0.3, -0.25) is 4.90 Å². The third kappa shape index (κ3) is 5.42. The van der Waals surface area contributed by atoms with Crippen molar-refractivity contribution in [2.24, 2.45) is 0 Å². The van der Waals surface area contributed by atoms with Gasteiger partial charge in [0.15, 0.2) is 0 Å². The van der Waals surface area contributed by atoms with Gasteiger partial charge in [0.1, 0.15) is 5.75 Å². The Morgan fingerprint density at radius 3 is 2.62 bits per heavy atom. The fraction of sp³-hybridized carbons (Fsp3) is 0.625. The molecule has 0 saturated carbocycles. The zero-order valence-corrected chi connectivity index (χ0v) is 15.0. The first-order valence-electron chi connectivity index (χ1n) is 7.98. The van der Waals surface area contributed by atoms with Crippen molar-refractivity contribution < 1.29 is 22.6 Å². The predicted octanol–water partition coefficient (Wildman–Crippen LogP) is 0.634. The van der Waals surface area contributed by atoms with Crippen molar-refractivity contribution in [3.05, 3.63) is 29.8 Å². The van der Waals surface area contributed by atoms with Crippen LogP contribution in [0.5, 0.6) is 5.75 Å². The molecule has 1 aliphatic rings. The summed E-state index contributed by atoms with van der Waals surface area (Å²) in [7, 11) is -0.269. The van der Waals surface area contributed by atoms with Crippen molar-refractivity contribution in [3.8, 4) is 5.75 Å². The molecule has 8 heteroatoms. The van der Waals surface area contributed by atoms with Gasteiger partial charge in [-0.15, -0.1) is 0 Å². The fourth-order valence-electron chi connectivity index (χ4n) is 2.74. The number of hydrogen-bond acceptors (Lipinski definition) is 6. The second-order valence-corrected chi connectivity index (χ2v) is 7.49. The zero-order chi connectivity index (χ0) is 17.4. The van der Waals surface area contributed by atoms with Crippen molar-refractivity contribution >= 4 is 10.0 Å². The predicted molar refractivity (Wildman–Crippen MR) is 91.8 cm³/mol. The average Bonchev–Trinajstić information content (AvgIpc) is 2.61. The Morgan fingerprint density at radius 1 is 1.25 bits per heavy atom. The molecule has 1 heterocycles. The van der Waals surface area contributed by atoms with E-state index in [4.69, 9.17) is 14.2 Å². The average molecular weight is 358 g/mol. The molecule has 0 bridgehead atoms. The first-order chi connectivity index (χ1) is 11.6. The van der Waals surface area contributed by atoms with E-state index in [2.05, 4.69) is 9.62 Å². The van der Waals surface area contributed by atoms with Crippen LogP contribution in [-0.4, -0.2) is 72.7 Å². The first-order valence-corrected chi connectivity index (χ1v) is 9.63. The zero-order valence-electron chi connectivity index (χ0n) is 14.2. The van der Waals surface area contributed by atoms with E-state index in [1.807, 2.05) is 24.3 Å². The molecule has 2 rings (SSSR count). The number of nitrogens with one attached hydrogen (secondary N) is 1. The van der Waals surface area contributed by atoms with Crippen LogP contribution in [0, 0.1) is 0 Å². The number of nitrogens with zero attached hydrogens (tertiary/aromatic N) is 1.